The lowest BCUT2D eigenvalue weighted by atomic mass is 9.99. The zero-order chi connectivity index (χ0) is 9.97. The molecule has 2 fully saturated rings. The SMILES string of the molecule is Cl.O=C1CCC(=O)N1CC1CCCNC1. The van der Waals surface area contributed by atoms with Crippen molar-refractivity contribution in [1.29, 1.82) is 0 Å². The van der Waals surface area contributed by atoms with Gasteiger partial charge < -0.3 is 5.32 Å². The number of carbonyl (C=O) groups excluding carboxylic acids is 2. The molecule has 1 N–H and O–H groups in total. The van der Waals surface area contributed by atoms with Gasteiger partial charge in [-0.1, -0.05) is 0 Å². The molecule has 2 aliphatic heterocycles. The molecule has 15 heavy (non-hydrogen) atoms. The van der Waals surface area contributed by atoms with E-state index in [1.165, 1.54) is 4.90 Å². The average Bonchev–Trinajstić information content (AvgIpc) is 2.51. The van der Waals surface area contributed by atoms with Gasteiger partial charge in [-0.3, -0.25) is 14.5 Å². The van der Waals surface area contributed by atoms with Crippen LogP contribution in [0.5, 0.6) is 0 Å². The van der Waals surface area contributed by atoms with Crippen molar-refractivity contribution >= 4 is 24.2 Å². The molecule has 2 rings (SSSR count). The number of rotatable bonds is 2. The first-order chi connectivity index (χ1) is 6.77. The Morgan fingerprint density at radius 1 is 1.27 bits per heavy atom. The topological polar surface area (TPSA) is 49.4 Å². The van der Waals surface area contributed by atoms with Crippen molar-refractivity contribution in [2.45, 2.75) is 25.7 Å². The standard InChI is InChI=1S/C10H16N2O2.ClH/c13-9-3-4-10(14)12(9)7-8-2-1-5-11-6-8;/h8,11H,1-7H2;1H. The van der Waals surface area contributed by atoms with Gasteiger partial charge in [0.15, 0.2) is 0 Å². The Bertz CT molecular complexity index is 236. The summed E-state index contributed by atoms with van der Waals surface area (Å²) in [6.45, 7) is 2.64. The van der Waals surface area contributed by atoms with Crippen molar-refractivity contribution in [3.8, 4) is 0 Å². The van der Waals surface area contributed by atoms with Crippen LogP contribution < -0.4 is 5.32 Å². The molecule has 5 heteroatoms. The van der Waals surface area contributed by atoms with E-state index in [0.29, 0.717) is 25.3 Å². The van der Waals surface area contributed by atoms with E-state index in [9.17, 15) is 9.59 Å². The summed E-state index contributed by atoms with van der Waals surface area (Å²) in [5.74, 6) is 0.496. The lowest BCUT2D eigenvalue weighted by Crippen LogP contribution is -2.40. The highest BCUT2D eigenvalue weighted by Crippen LogP contribution is 2.17. The number of piperidine rings is 1. The highest BCUT2D eigenvalue weighted by atomic mass is 35.5. The maximum absolute atomic E-state index is 11.3. The van der Waals surface area contributed by atoms with Crippen LogP contribution in [-0.4, -0.2) is 36.3 Å². The lowest BCUT2D eigenvalue weighted by molar-refractivity contribution is -0.139. The van der Waals surface area contributed by atoms with Gasteiger partial charge >= 0.3 is 0 Å². The zero-order valence-electron chi connectivity index (χ0n) is 8.70. The van der Waals surface area contributed by atoms with Crippen molar-refractivity contribution in [2.24, 2.45) is 5.92 Å². The van der Waals surface area contributed by atoms with Gasteiger partial charge in [-0.2, -0.15) is 0 Å². The quantitative estimate of drug-likeness (QED) is 0.708. The summed E-state index contributed by atoms with van der Waals surface area (Å²) in [5.41, 5.74) is 0. The minimum Gasteiger partial charge on any atom is -0.316 e. The summed E-state index contributed by atoms with van der Waals surface area (Å²) < 4.78 is 0. The minimum atomic E-state index is 0. The molecule has 0 saturated carbocycles. The van der Waals surface area contributed by atoms with Crippen molar-refractivity contribution < 1.29 is 9.59 Å². The monoisotopic (exact) mass is 232 g/mol. The molecule has 4 nitrogen and oxygen atoms in total. The second kappa shape index (κ2) is 5.47. The maximum Gasteiger partial charge on any atom is 0.229 e. The highest BCUT2D eigenvalue weighted by Gasteiger charge is 2.30. The van der Waals surface area contributed by atoms with Gasteiger partial charge in [0.25, 0.3) is 0 Å². The van der Waals surface area contributed by atoms with Crippen LogP contribution in [0, 0.1) is 5.92 Å². The first-order valence-electron chi connectivity index (χ1n) is 5.31. The molecule has 0 aliphatic carbocycles. The van der Waals surface area contributed by atoms with Crippen molar-refractivity contribution in [3.63, 3.8) is 0 Å². The van der Waals surface area contributed by atoms with Gasteiger partial charge in [-0.15, -0.1) is 12.4 Å². The van der Waals surface area contributed by atoms with Gasteiger partial charge in [0.2, 0.25) is 11.8 Å². The zero-order valence-corrected chi connectivity index (χ0v) is 9.52. The number of hydrogen-bond donors (Lipinski definition) is 1. The smallest absolute Gasteiger partial charge is 0.229 e. The second-order valence-corrected chi connectivity index (χ2v) is 4.11. The van der Waals surface area contributed by atoms with Crippen molar-refractivity contribution in [3.05, 3.63) is 0 Å². The predicted molar refractivity (Wildman–Crippen MR) is 58.8 cm³/mol. The van der Waals surface area contributed by atoms with Crippen LogP contribution in [0.15, 0.2) is 0 Å². The first kappa shape index (κ1) is 12.5. The third-order valence-corrected chi connectivity index (χ3v) is 2.99. The van der Waals surface area contributed by atoms with Crippen LogP contribution >= 0.6 is 12.4 Å². The molecule has 2 amide bonds. The fourth-order valence-electron chi connectivity index (χ4n) is 2.16. The fraction of sp³-hybridized carbons (Fsp3) is 0.800. The van der Waals surface area contributed by atoms with Gasteiger partial charge in [0.05, 0.1) is 0 Å². The van der Waals surface area contributed by atoms with Crippen LogP contribution in [0.4, 0.5) is 0 Å². The normalized spacial score (nSPS) is 26.7. The van der Waals surface area contributed by atoms with Gasteiger partial charge in [0, 0.05) is 19.4 Å². The van der Waals surface area contributed by atoms with Crippen molar-refractivity contribution in [2.75, 3.05) is 19.6 Å². The molecule has 2 saturated heterocycles. The van der Waals surface area contributed by atoms with E-state index in [1.807, 2.05) is 0 Å². The fourth-order valence-corrected chi connectivity index (χ4v) is 2.16. The molecule has 2 heterocycles. The van der Waals surface area contributed by atoms with E-state index in [4.69, 9.17) is 0 Å². The van der Waals surface area contributed by atoms with E-state index in [0.717, 1.165) is 25.9 Å². The Balaban J connectivity index is 0.00000112. The second-order valence-electron chi connectivity index (χ2n) is 4.11. The Labute approximate surface area is 95.8 Å². The largest absolute Gasteiger partial charge is 0.316 e. The molecule has 1 atom stereocenters. The van der Waals surface area contributed by atoms with E-state index in [1.54, 1.807) is 0 Å². The number of halogens is 1. The van der Waals surface area contributed by atoms with Crippen molar-refractivity contribution in [1.82, 2.24) is 10.2 Å². The third-order valence-electron chi connectivity index (χ3n) is 2.99. The first-order valence-corrected chi connectivity index (χ1v) is 5.31. The minimum absolute atomic E-state index is 0. The summed E-state index contributed by atoms with van der Waals surface area (Å²) >= 11 is 0. The Hall–Kier alpha value is -0.610. The Kier molecular flexibility index (Phi) is 4.54. The Morgan fingerprint density at radius 2 is 1.93 bits per heavy atom. The molecule has 0 spiro atoms. The number of likely N-dealkylation sites (tertiary alicyclic amines) is 1. The van der Waals surface area contributed by atoms with Crippen LogP contribution in [0.3, 0.4) is 0 Å². The van der Waals surface area contributed by atoms with E-state index in [-0.39, 0.29) is 24.2 Å². The van der Waals surface area contributed by atoms with Crippen LogP contribution in [0.2, 0.25) is 0 Å². The molecule has 2 aliphatic rings. The molecule has 0 aromatic heterocycles. The summed E-state index contributed by atoms with van der Waals surface area (Å²) in [7, 11) is 0. The number of nitrogens with one attached hydrogen (secondary N) is 1. The molecule has 0 aromatic carbocycles. The van der Waals surface area contributed by atoms with Crippen LogP contribution in [0.25, 0.3) is 0 Å². The summed E-state index contributed by atoms with van der Waals surface area (Å²) in [4.78, 5) is 24.1. The average molecular weight is 233 g/mol. The number of carbonyl (C=O) groups is 2. The third kappa shape index (κ3) is 2.92. The summed E-state index contributed by atoms with van der Waals surface area (Å²) in [6.07, 6.45) is 3.11. The van der Waals surface area contributed by atoms with Crippen LogP contribution in [0.1, 0.15) is 25.7 Å². The maximum atomic E-state index is 11.3. The van der Waals surface area contributed by atoms with E-state index in [2.05, 4.69) is 5.32 Å². The molecule has 0 radical (unpaired) electrons. The van der Waals surface area contributed by atoms with Gasteiger partial charge in [-0.05, 0) is 31.8 Å². The van der Waals surface area contributed by atoms with Crippen LogP contribution in [-0.2, 0) is 9.59 Å². The highest BCUT2D eigenvalue weighted by molar-refractivity contribution is 6.01. The predicted octanol–water partition coefficient (Wildman–Crippen LogP) is 0.557. The van der Waals surface area contributed by atoms with E-state index >= 15 is 0 Å². The Morgan fingerprint density at radius 3 is 2.47 bits per heavy atom. The molecule has 0 aromatic rings. The van der Waals surface area contributed by atoms with E-state index < -0.39 is 0 Å². The molecule has 0 bridgehead atoms. The lowest BCUT2D eigenvalue weighted by Gasteiger charge is -2.26. The molecular weight excluding hydrogens is 216 g/mol. The number of nitrogens with zero attached hydrogens (tertiary/aromatic N) is 1. The molecule has 86 valence electrons. The number of hydrogen-bond acceptors (Lipinski definition) is 3. The molecular formula is C10H17ClN2O2. The van der Waals surface area contributed by atoms with Gasteiger partial charge in [0.1, 0.15) is 0 Å². The van der Waals surface area contributed by atoms with Gasteiger partial charge in [-0.25, -0.2) is 0 Å². The number of imide groups is 1. The number of amides is 2. The summed E-state index contributed by atoms with van der Waals surface area (Å²) in [5, 5.41) is 3.29. The molecule has 1 unspecified atom stereocenters. The summed E-state index contributed by atoms with van der Waals surface area (Å²) in [6, 6.07) is 0.